The molecule has 0 spiro atoms. The third-order valence-electron chi connectivity index (χ3n) is 3.05. The Bertz CT molecular complexity index is 726. The normalized spacial score (nSPS) is 12.2. The smallest absolute Gasteiger partial charge is 0.0616 e. The van der Waals surface area contributed by atoms with E-state index in [1.807, 2.05) is 0 Å². The Balaban J connectivity index is 2.44. The van der Waals surface area contributed by atoms with Crippen molar-refractivity contribution in [3.8, 4) is 0 Å². The summed E-state index contributed by atoms with van der Waals surface area (Å²) in [5.74, 6) is 0. The third-order valence-corrected chi connectivity index (χ3v) is 4.33. The van der Waals surface area contributed by atoms with Crippen LogP contribution in [0.2, 0.25) is 0 Å². The van der Waals surface area contributed by atoms with Crippen LogP contribution in [-0.4, -0.2) is 0 Å². The fraction of sp³-hybridized carbons (Fsp3) is 0.0667. The molecule has 0 unspecified atom stereocenters. The number of rotatable bonds is 0. The lowest BCUT2D eigenvalue weighted by Crippen LogP contribution is -1.98. The predicted octanol–water partition coefficient (Wildman–Crippen LogP) is 6.29. The molecule has 0 aliphatic rings. The maximum absolute atomic E-state index is 3.61. The highest BCUT2D eigenvalue weighted by Crippen LogP contribution is 2.47. The molecule has 3 aromatic carbocycles. The number of benzene rings is 3. The van der Waals surface area contributed by atoms with Crippen LogP contribution in [0.25, 0.3) is 21.5 Å². The molecule has 0 radical (unpaired) electrons. The first kappa shape index (κ1) is 12.6. The van der Waals surface area contributed by atoms with E-state index in [4.69, 9.17) is 0 Å². The zero-order valence-electron chi connectivity index (χ0n) is 9.33. The van der Waals surface area contributed by atoms with Crippen molar-refractivity contribution in [2.75, 3.05) is 0 Å². The first-order valence-electron chi connectivity index (χ1n) is 5.54. The standard InChI is InChI=1S/C15H9Br3/c16-15(17,18)14-7-3-6-12-8-10-4-1-2-5-11(10)9-13(12)14/h1-9H. The van der Waals surface area contributed by atoms with Crippen molar-refractivity contribution in [3.05, 3.63) is 60.2 Å². The molecule has 0 aliphatic carbocycles. The molecule has 0 amide bonds. The summed E-state index contributed by atoms with van der Waals surface area (Å²) in [5.41, 5.74) is 1.17. The van der Waals surface area contributed by atoms with Crippen LogP contribution in [-0.2, 0) is 2.14 Å². The molecule has 3 heteroatoms. The maximum Gasteiger partial charge on any atom is 0.160 e. The van der Waals surface area contributed by atoms with Crippen molar-refractivity contribution in [3.63, 3.8) is 0 Å². The zero-order valence-corrected chi connectivity index (χ0v) is 14.1. The first-order chi connectivity index (χ1) is 8.55. The van der Waals surface area contributed by atoms with Crippen molar-refractivity contribution in [2.45, 2.75) is 2.14 Å². The monoisotopic (exact) mass is 426 g/mol. The van der Waals surface area contributed by atoms with Crippen molar-refractivity contribution < 1.29 is 0 Å². The van der Waals surface area contributed by atoms with Crippen molar-refractivity contribution in [1.29, 1.82) is 0 Å². The molecule has 0 aliphatic heterocycles. The number of fused-ring (bicyclic) bond motifs is 2. The fourth-order valence-corrected chi connectivity index (χ4v) is 3.25. The van der Waals surface area contributed by atoms with Crippen LogP contribution in [0.4, 0.5) is 0 Å². The van der Waals surface area contributed by atoms with Gasteiger partial charge < -0.3 is 0 Å². The van der Waals surface area contributed by atoms with Gasteiger partial charge in [0, 0.05) is 0 Å². The van der Waals surface area contributed by atoms with Gasteiger partial charge in [0.1, 0.15) is 0 Å². The molecule has 0 heterocycles. The van der Waals surface area contributed by atoms with Crippen LogP contribution in [0, 0.1) is 0 Å². The van der Waals surface area contributed by atoms with Crippen molar-refractivity contribution in [1.82, 2.24) is 0 Å². The van der Waals surface area contributed by atoms with Crippen molar-refractivity contribution in [2.24, 2.45) is 0 Å². The second-order valence-electron chi connectivity index (χ2n) is 4.22. The quantitative estimate of drug-likeness (QED) is 0.291. The van der Waals surface area contributed by atoms with E-state index in [1.54, 1.807) is 0 Å². The van der Waals surface area contributed by atoms with Crippen LogP contribution in [0.3, 0.4) is 0 Å². The highest BCUT2D eigenvalue weighted by Gasteiger charge is 2.23. The Morgan fingerprint density at radius 2 is 1.28 bits per heavy atom. The molecular formula is C15H9Br3. The minimum atomic E-state index is -0.380. The molecular weight excluding hydrogens is 420 g/mol. The fourth-order valence-electron chi connectivity index (χ4n) is 2.21. The summed E-state index contributed by atoms with van der Waals surface area (Å²) >= 11 is 10.8. The zero-order chi connectivity index (χ0) is 12.8. The van der Waals surface area contributed by atoms with E-state index in [0.717, 1.165) is 0 Å². The van der Waals surface area contributed by atoms with E-state index in [1.165, 1.54) is 27.1 Å². The first-order valence-corrected chi connectivity index (χ1v) is 7.92. The summed E-state index contributed by atoms with van der Waals surface area (Å²) in [5, 5.41) is 5.01. The summed E-state index contributed by atoms with van der Waals surface area (Å²) in [4.78, 5) is 0. The average Bonchev–Trinajstić information content (AvgIpc) is 2.34. The maximum atomic E-state index is 3.61. The van der Waals surface area contributed by atoms with Gasteiger partial charge in [0.25, 0.3) is 0 Å². The average molecular weight is 429 g/mol. The summed E-state index contributed by atoms with van der Waals surface area (Å²) in [6.07, 6.45) is 0. The lowest BCUT2D eigenvalue weighted by Gasteiger charge is -2.16. The van der Waals surface area contributed by atoms with Gasteiger partial charge in [-0.05, 0) is 39.2 Å². The van der Waals surface area contributed by atoms with Gasteiger partial charge in [-0.25, -0.2) is 0 Å². The molecule has 90 valence electrons. The number of hydrogen-bond donors (Lipinski definition) is 0. The van der Waals surface area contributed by atoms with Gasteiger partial charge in [0.05, 0.1) is 0 Å². The van der Waals surface area contributed by atoms with Crippen LogP contribution < -0.4 is 0 Å². The Labute approximate surface area is 131 Å². The van der Waals surface area contributed by atoms with Crippen molar-refractivity contribution >= 4 is 69.3 Å². The van der Waals surface area contributed by atoms with Gasteiger partial charge >= 0.3 is 0 Å². The summed E-state index contributed by atoms with van der Waals surface area (Å²) in [7, 11) is 0. The minimum absolute atomic E-state index is 0.380. The topological polar surface area (TPSA) is 0 Å². The molecule has 3 aromatic rings. The Kier molecular flexibility index (Phi) is 3.25. The van der Waals surface area contributed by atoms with Crippen LogP contribution in [0.1, 0.15) is 5.56 Å². The minimum Gasteiger partial charge on any atom is -0.0616 e. The molecule has 0 fully saturated rings. The highest BCUT2D eigenvalue weighted by atomic mass is 80.0. The van der Waals surface area contributed by atoms with Gasteiger partial charge in [-0.15, -0.1) is 0 Å². The van der Waals surface area contributed by atoms with E-state index in [0.29, 0.717) is 0 Å². The Hall–Kier alpha value is -0.380. The third kappa shape index (κ3) is 2.24. The highest BCUT2D eigenvalue weighted by molar-refractivity contribution is 9.38. The van der Waals surface area contributed by atoms with Gasteiger partial charge in [0.15, 0.2) is 2.14 Å². The summed E-state index contributed by atoms with van der Waals surface area (Å²) < 4.78 is -0.380. The second kappa shape index (κ2) is 4.62. The van der Waals surface area contributed by atoms with Crippen LogP contribution in [0.15, 0.2) is 54.6 Å². The van der Waals surface area contributed by atoms with Gasteiger partial charge in [-0.1, -0.05) is 90.3 Å². The molecule has 0 saturated carbocycles. The molecule has 3 rings (SSSR count). The molecule has 0 nitrogen and oxygen atoms in total. The molecule has 0 N–H and O–H groups in total. The lowest BCUT2D eigenvalue weighted by molar-refractivity contribution is 1.42. The molecule has 0 saturated heterocycles. The van der Waals surface area contributed by atoms with Gasteiger partial charge in [-0.3, -0.25) is 0 Å². The van der Waals surface area contributed by atoms with E-state index in [-0.39, 0.29) is 2.14 Å². The van der Waals surface area contributed by atoms with Gasteiger partial charge in [-0.2, -0.15) is 0 Å². The number of hydrogen-bond acceptors (Lipinski definition) is 0. The predicted molar refractivity (Wildman–Crippen MR) is 89.9 cm³/mol. The van der Waals surface area contributed by atoms with Gasteiger partial charge in [0.2, 0.25) is 0 Å². The Morgan fingerprint density at radius 1 is 0.667 bits per heavy atom. The lowest BCUT2D eigenvalue weighted by atomic mass is 10.0. The number of halogens is 3. The number of alkyl halides is 3. The SMILES string of the molecule is BrC(Br)(Br)c1cccc2cc3ccccc3cc12. The molecule has 0 atom stereocenters. The summed E-state index contributed by atoms with van der Waals surface area (Å²) in [6.45, 7) is 0. The Morgan fingerprint density at radius 3 is 1.94 bits per heavy atom. The molecule has 0 bridgehead atoms. The van der Waals surface area contributed by atoms with E-state index >= 15 is 0 Å². The second-order valence-corrected chi connectivity index (χ2v) is 11.0. The van der Waals surface area contributed by atoms with E-state index < -0.39 is 0 Å². The molecule has 0 aromatic heterocycles. The van der Waals surface area contributed by atoms with Crippen LogP contribution in [0.5, 0.6) is 0 Å². The van der Waals surface area contributed by atoms with E-state index in [9.17, 15) is 0 Å². The van der Waals surface area contributed by atoms with Crippen LogP contribution >= 0.6 is 47.8 Å². The molecule has 18 heavy (non-hydrogen) atoms. The summed E-state index contributed by atoms with van der Waals surface area (Å²) in [6, 6.07) is 19.2. The van der Waals surface area contributed by atoms with E-state index in [2.05, 4.69) is 102 Å². The largest absolute Gasteiger partial charge is 0.160 e.